The molecule has 26 heavy (non-hydrogen) atoms. The molecule has 4 nitrogen and oxygen atoms in total. The second-order valence-electron chi connectivity index (χ2n) is 6.96. The molecular formula is C21H23N3OS. The van der Waals surface area contributed by atoms with Gasteiger partial charge >= 0.3 is 6.03 Å². The molecule has 2 aromatic carbocycles. The summed E-state index contributed by atoms with van der Waals surface area (Å²) in [6.07, 6.45) is 3.62. The first-order valence-electron chi connectivity index (χ1n) is 9.12. The van der Waals surface area contributed by atoms with Crippen LogP contribution in [0.4, 0.5) is 4.79 Å². The molecule has 1 heterocycles. The third-order valence-corrected chi connectivity index (χ3v) is 6.14. The van der Waals surface area contributed by atoms with E-state index in [1.807, 2.05) is 43.4 Å². The number of hydrogen-bond donors (Lipinski definition) is 1. The molecule has 1 saturated carbocycles. The van der Waals surface area contributed by atoms with E-state index in [1.165, 1.54) is 24.8 Å². The van der Waals surface area contributed by atoms with E-state index in [-0.39, 0.29) is 12.1 Å². The minimum atomic E-state index is -0.0370. The van der Waals surface area contributed by atoms with Gasteiger partial charge in [0.1, 0.15) is 5.01 Å². The zero-order chi connectivity index (χ0) is 17.9. The van der Waals surface area contributed by atoms with Gasteiger partial charge in [0.05, 0.1) is 22.8 Å². The quantitative estimate of drug-likeness (QED) is 0.693. The molecule has 1 aliphatic carbocycles. The highest BCUT2D eigenvalue weighted by molar-refractivity contribution is 7.18. The maximum atomic E-state index is 12.8. The summed E-state index contributed by atoms with van der Waals surface area (Å²) in [7, 11) is 1.84. The molecule has 0 saturated heterocycles. The fourth-order valence-electron chi connectivity index (χ4n) is 3.41. The van der Waals surface area contributed by atoms with Crippen LogP contribution in [0.15, 0.2) is 54.6 Å². The lowest BCUT2D eigenvalue weighted by atomic mass is 9.77. The molecule has 2 amide bonds. The molecule has 5 heteroatoms. The van der Waals surface area contributed by atoms with Gasteiger partial charge in [-0.2, -0.15) is 0 Å². The fraction of sp³-hybridized carbons (Fsp3) is 0.333. The molecule has 0 aliphatic heterocycles. The van der Waals surface area contributed by atoms with E-state index < -0.39 is 0 Å². The summed E-state index contributed by atoms with van der Waals surface area (Å²) in [5.41, 5.74) is 2.19. The third-order valence-electron chi connectivity index (χ3n) is 5.12. The van der Waals surface area contributed by atoms with E-state index in [1.54, 1.807) is 16.2 Å². The first-order valence-corrected chi connectivity index (χ1v) is 9.93. The van der Waals surface area contributed by atoms with Gasteiger partial charge in [0, 0.05) is 7.05 Å². The first-order chi connectivity index (χ1) is 12.7. The van der Waals surface area contributed by atoms with E-state index in [0.717, 1.165) is 15.2 Å². The summed E-state index contributed by atoms with van der Waals surface area (Å²) in [6.45, 7) is 0.525. The topological polar surface area (TPSA) is 45.2 Å². The Bertz CT molecular complexity index is 855. The largest absolute Gasteiger partial charge is 0.331 e. The third kappa shape index (κ3) is 3.58. The maximum absolute atomic E-state index is 12.8. The van der Waals surface area contributed by atoms with Crippen molar-refractivity contribution in [2.75, 3.05) is 7.05 Å². The van der Waals surface area contributed by atoms with Crippen LogP contribution < -0.4 is 5.32 Å². The summed E-state index contributed by atoms with van der Waals surface area (Å²) in [5.74, 6) is 0.539. The molecule has 0 radical (unpaired) electrons. The molecule has 1 aromatic heterocycles. The average molecular weight is 366 g/mol. The predicted octanol–water partition coefficient (Wildman–Crippen LogP) is 4.98. The number of nitrogens with zero attached hydrogens (tertiary/aromatic N) is 2. The van der Waals surface area contributed by atoms with Crippen molar-refractivity contribution in [3.63, 3.8) is 0 Å². The van der Waals surface area contributed by atoms with Crippen molar-refractivity contribution in [2.45, 2.75) is 31.8 Å². The van der Waals surface area contributed by atoms with Crippen LogP contribution in [0.2, 0.25) is 0 Å². The van der Waals surface area contributed by atoms with Crippen molar-refractivity contribution in [3.8, 4) is 0 Å². The molecule has 134 valence electrons. The van der Waals surface area contributed by atoms with Gasteiger partial charge in [-0.05, 0) is 36.5 Å². The Morgan fingerprint density at radius 2 is 1.92 bits per heavy atom. The second kappa shape index (κ2) is 7.46. The summed E-state index contributed by atoms with van der Waals surface area (Å²) >= 11 is 1.65. The van der Waals surface area contributed by atoms with Crippen LogP contribution in [0.5, 0.6) is 0 Å². The number of urea groups is 1. The number of amides is 2. The monoisotopic (exact) mass is 365 g/mol. The van der Waals surface area contributed by atoms with E-state index in [2.05, 4.69) is 28.5 Å². The molecule has 1 atom stereocenters. The minimum absolute atomic E-state index is 0.0370. The lowest BCUT2D eigenvalue weighted by Gasteiger charge is -2.35. The minimum Gasteiger partial charge on any atom is -0.331 e. The normalized spacial score (nSPS) is 15.4. The molecule has 3 aromatic rings. The number of benzene rings is 2. The van der Waals surface area contributed by atoms with Crippen LogP contribution in [0, 0.1) is 5.92 Å². The highest BCUT2D eigenvalue weighted by atomic mass is 32.1. The molecular weight excluding hydrogens is 342 g/mol. The number of nitrogens with one attached hydrogen (secondary N) is 1. The molecule has 1 aliphatic rings. The SMILES string of the molecule is CN(Cc1nc2ccccc2s1)C(=O)NC(c1ccccc1)C1CCC1. The van der Waals surface area contributed by atoms with E-state index in [4.69, 9.17) is 0 Å². The Hall–Kier alpha value is -2.40. The zero-order valence-electron chi connectivity index (χ0n) is 14.9. The standard InChI is InChI=1S/C21H23N3OS/c1-24(14-19-22-17-12-5-6-13-18(17)26-19)21(25)23-20(16-10-7-11-16)15-8-3-2-4-9-15/h2-6,8-9,12-13,16,20H,7,10-11,14H2,1H3,(H,23,25). The van der Waals surface area contributed by atoms with E-state index >= 15 is 0 Å². The van der Waals surface area contributed by atoms with Crippen LogP contribution in [0.1, 0.15) is 35.9 Å². The smallest absolute Gasteiger partial charge is 0.318 e. The molecule has 0 bridgehead atoms. The zero-order valence-corrected chi connectivity index (χ0v) is 15.7. The van der Waals surface area contributed by atoms with Gasteiger partial charge in [0.25, 0.3) is 0 Å². The van der Waals surface area contributed by atoms with Crippen LogP contribution in [0.25, 0.3) is 10.2 Å². The molecule has 4 rings (SSSR count). The number of carbonyl (C=O) groups is 1. The number of thiazole rings is 1. The van der Waals surface area contributed by atoms with Gasteiger partial charge in [0.15, 0.2) is 0 Å². The Morgan fingerprint density at radius 3 is 2.62 bits per heavy atom. The Labute approximate surface area is 157 Å². The first kappa shape index (κ1) is 17.0. The Morgan fingerprint density at radius 1 is 1.19 bits per heavy atom. The molecule has 1 N–H and O–H groups in total. The van der Waals surface area contributed by atoms with E-state index in [9.17, 15) is 4.79 Å². The number of aromatic nitrogens is 1. The number of hydrogen-bond acceptors (Lipinski definition) is 3. The number of para-hydroxylation sites is 1. The van der Waals surface area contributed by atoms with Crippen molar-refractivity contribution in [2.24, 2.45) is 5.92 Å². The van der Waals surface area contributed by atoms with Crippen molar-refractivity contribution < 1.29 is 4.79 Å². The van der Waals surface area contributed by atoms with Crippen molar-refractivity contribution in [1.82, 2.24) is 15.2 Å². The maximum Gasteiger partial charge on any atom is 0.318 e. The average Bonchev–Trinajstić information content (AvgIpc) is 3.02. The van der Waals surface area contributed by atoms with Gasteiger partial charge < -0.3 is 10.2 Å². The fourth-order valence-corrected chi connectivity index (χ4v) is 4.43. The van der Waals surface area contributed by atoms with Crippen molar-refractivity contribution in [1.29, 1.82) is 0 Å². The Balaban J connectivity index is 1.45. The lowest BCUT2D eigenvalue weighted by Crippen LogP contribution is -2.42. The van der Waals surface area contributed by atoms with Crippen LogP contribution in [-0.2, 0) is 6.54 Å². The number of carbonyl (C=O) groups excluding carboxylic acids is 1. The van der Waals surface area contributed by atoms with Crippen LogP contribution in [-0.4, -0.2) is 23.0 Å². The summed E-state index contributed by atoms with van der Waals surface area (Å²) in [4.78, 5) is 19.1. The molecule has 1 fully saturated rings. The van der Waals surface area contributed by atoms with Gasteiger partial charge in [-0.1, -0.05) is 48.9 Å². The summed E-state index contributed by atoms with van der Waals surface area (Å²) < 4.78 is 1.16. The van der Waals surface area contributed by atoms with Gasteiger partial charge in [0.2, 0.25) is 0 Å². The second-order valence-corrected chi connectivity index (χ2v) is 8.08. The van der Waals surface area contributed by atoms with Crippen LogP contribution in [0.3, 0.4) is 0 Å². The van der Waals surface area contributed by atoms with Crippen molar-refractivity contribution in [3.05, 3.63) is 65.2 Å². The highest BCUT2D eigenvalue weighted by Crippen LogP contribution is 2.37. The number of fused-ring (bicyclic) bond motifs is 1. The number of rotatable bonds is 5. The van der Waals surface area contributed by atoms with E-state index in [0.29, 0.717) is 12.5 Å². The predicted molar refractivity (Wildman–Crippen MR) is 106 cm³/mol. The molecule has 1 unspecified atom stereocenters. The summed E-state index contributed by atoms with van der Waals surface area (Å²) in [6, 6.07) is 18.5. The van der Waals surface area contributed by atoms with Crippen LogP contribution >= 0.6 is 11.3 Å². The highest BCUT2D eigenvalue weighted by Gasteiger charge is 2.30. The van der Waals surface area contributed by atoms with Gasteiger partial charge in [-0.3, -0.25) is 0 Å². The van der Waals surface area contributed by atoms with Gasteiger partial charge in [-0.15, -0.1) is 11.3 Å². The Kier molecular flexibility index (Phi) is 4.89. The van der Waals surface area contributed by atoms with Gasteiger partial charge in [-0.25, -0.2) is 9.78 Å². The van der Waals surface area contributed by atoms with Crippen molar-refractivity contribution >= 4 is 27.6 Å². The summed E-state index contributed by atoms with van der Waals surface area (Å²) in [5, 5.41) is 4.21. The lowest BCUT2D eigenvalue weighted by molar-refractivity contribution is 0.182. The molecule has 0 spiro atoms.